The largest absolute Gasteiger partial charge is 0.497 e. The molecule has 0 spiro atoms. The minimum atomic E-state index is -0.654. The third-order valence-electron chi connectivity index (χ3n) is 5.11. The molecule has 0 saturated heterocycles. The molecule has 0 saturated carbocycles. The molecule has 4 aromatic rings. The van der Waals surface area contributed by atoms with Crippen LogP contribution in [0.15, 0.2) is 72.8 Å². The van der Waals surface area contributed by atoms with E-state index in [1.165, 1.54) is 5.56 Å². The van der Waals surface area contributed by atoms with Crippen LogP contribution in [0, 0.1) is 6.92 Å². The average molecular weight is 402 g/mol. The number of ether oxygens (including phenoxy) is 2. The van der Waals surface area contributed by atoms with Gasteiger partial charge in [0, 0.05) is 6.42 Å². The number of fused-ring (bicyclic) bond motifs is 1. The highest BCUT2D eigenvalue weighted by molar-refractivity contribution is 5.76. The summed E-state index contributed by atoms with van der Waals surface area (Å²) in [5, 5.41) is 10.7. The van der Waals surface area contributed by atoms with Gasteiger partial charge in [-0.15, -0.1) is 0 Å². The first-order chi connectivity index (χ1) is 14.6. The van der Waals surface area contributed by atoms with E-state index in [-0.39, 0.29) is 6.61 Å². The van der Waals surface area contributed by atoms with Gasteiger partial charge >= 0.3 is 0 Å². The number of rotatable bonds is 8. The van der Waals surface area contributed by atoms with Gasteiger partial charge in [0.05, 0.1) is 24.7 Å². The molecule has 0 amide bonds. The van der Waals surface area contributed by atoms with Gasteiger partial charge in [-0.1, -0.05) is 42.0 Å². The Morgan fingerprint density at radius 3 is 2.37 bits per heavy atom. The maximum Gasteiger partial charge on any atom is 0.119 e. The van der Waals surface area contributed by atoms with Crippen LogP contribution in [0.1, 0.15) is 17.0 Å². The Kier molecular flexibility index (Phi) is 6.00. The van der Waals surface area contributed by atoms with Crippen LogP contribution < -0.4 is 9.47 Å². The fraction of sp³-hybridized carbons (Fsp3) is 0.240. The third kappa shape index (κ3) is 4.63. The monoisotopic (exact) mass is 402 g/mol. The molecule has 5 nitrogen and oxygen atoms in total. The van der Waals surface area contributed by atoms with E-state index in [2.05, 4.69) is 4.57 Å². The van der Waals surface area contributed by atoms with Gasteiger partial charge in [-0.25, -0.2) is 4.98 Å². The number of nitrogens with zero attached hydrogens (tertiary/aromatic N) is 2. The van der Waals surface area contributed by atoms with E-state index in [4.69, 9.17) is 14.5 Å². The fourth-order valence-electron chi connectivity index (χ4n) is 3.48. The van der Waals surface area contributed by atoms with E-state index < -0.39 is 6.10 Å². The second-order valence-electron chi connectivity index (χ2n) is 7.43. The minimum absolute atomic E-state index is 0.220. The van der Waals surface area contributed by atoms with Crippen molar-refractivity contribution in [2.45, 2.75) is 26.0 Å². The highest BCUT2D eigenvalue weighted by Gasteiger charge is 2.15. The number of hydrogen-bond donors (Lipinski definition) is 1. The van der Waals surface area contributed by atoms with Crippen LogP contribution in [0.25, 0.3) is 11.0 Å². The highest BCUT2D eigenvalue weighted by atomic mass is 16.5. The number of imidazole rings is 1. The highest BCUT2D eigenvalue weighted by Crippen LogP contribution is 2.21. The molecule has 5 heteroatoms. The van der Waals surface area contributed by atoms with Crippen LogP contribution in [0.5, 0.6) is 11.5 Å². The van der Waals surface area contributed by atoms with E-state index in [0.29, 0.717) is 13.0 Å². The molecule has 0 bridgehead atoms. The standard InChI is InChI=1S/C25H26N2O3/c1-18-7-11-22(12-8-18)30-17-20(28)16-27-24-6-4-3-5-23(24)26-25(27)15-19-9-13-21(29-2)14-10-19/h3-14,20,28H,15-17H2,1-2H3/t20-/m0/s1. The summed E-state index contributed by atoms with van der Waals surface area (Å²) < 4.78 is 13.1. The van der Waals surface area contributed by atoms with Crippen LogP contribution in [-0.2, 0) is 13.0 Å². The number of aliphatic hydroxyl groups excluding tert-OH is 1. The predicted octanol–water partition coefficient (Wildman–Crippen LogP) is 4.38. The second-order valence-corrected chi connectivity index (χ2v) is 7.43. The van der Waals surface area contributed by atoms with E-state index in [1.54, 1.807) is 7.11 Å². The van der Waals surface area contributed by atoms with E-state index in [1.807, 2.05) is 79.7 Å². The third-order valence-corrected chi connectivity index (χ3v) is 5.11. The molecule has 0 aliphatic carbocycles. The van der Waals surface area contributed by atoms with Gasteiger partial charge in [-0.3, -0.25) is 0 Å². The van der Waals surface area contributed by atoms with Crippen molar-refractivity contribution in [1.82, 2.24) is 9.55 Å². The number of para-hydroxylation sites is 2. The number of aromatic nitrogens is 2. The zero-order valence-electron chi connectivity index (χ0n) is 17.3. The zero-order valence-corrected chi connectivity index (χ0v) is 17.3. The lowest BCUT2D eigenvalue weighted by Gasteiger charge is -2.16. The summed E-state index contributed by atoms with van der Waals surface area (Å²) in [6.07, 6.45) is 0.0167. The summed E-state index contributed by atoms with van der Waals surface area (Å²) in [5.74, 6) is 2.50. The summed E-state index contributed by atoms with van der Waals surface area (Å²) in [7, 11) is 1.66. The second kappa shape index (κ2) is 9.01. The van der Waals surface area contributed by atoms with Crippen molar-refractivity contribution in [2.24, 2.45) is 0 Å². The van der Waals surface area contributed by atoms with Crippen LogP contribution in [-0.4, -0.2) is 34.5 Å². The van der Waals surface area contributed by atoms with Gasteiger partial charge in [0.15, 0.2) is 0 Å². The molecule has 4 rings (SSSR count). The summed E-state index contributed by atoms with van der Waals surface area (Å²) >= 11 is 0. The molecular weight excluding hydrogens is 376 g/mol. The minimum Gasteiger partial charge on any atom is -0.497 e. The summed E-state index contributed by atoms with van der Waals surface area (Å²) in [6.45, 7) is 2.67. The van der Waals surface area contributed by atoms with Crippen LogP contribution in [0.3, 0.4) is 0 Å². The molecule has 30 heavy (non-hydrogen) atoms. The Bertz CT molecular complexity index is 1100. The van der Waals surface area contributed by atoms with Crippen molar-refractivity contribution in [2.75, 3.05) is 13.7 Å². The molecule has 0 unspecified atom stereocenters. The van der Waals surface area contributed by atoms with E-state index in [9.17, 15) is 5.11 Å². The lowest BCUT2D eigenvalue weighted by Crippen LogP contribution is -2.24. The molecule has 1 N–H and O–H groups in total. The first-order valence-corrected chi connectivity index (χ1v) is 10.1. The number of aryl methyl sites for hydroxylation is 1. The van der Waals surface area contributed by atoms with E-state index >= 15 is 0 Å². The predicted molar refractivity (Wildman–Crippen MR) is 118 cm³/mol. The molecule has 1 atom stereocenters. The Balaban J connectivity index is 1.52. The van der Waals surface area contributed by atoms with Gasteiger partial charge in [-0.05, 0) is 48.9 Å². The van der Waals surface area contributed by atoms with Crippen molar-refractivity contribution in [3.63, 3.8) is 0 Å². The summed E-state index contributed by atoms with van der Waals surface area (Å²) in [4.78, 5) is 4.81. The number of methoxy groups -OCH3 is 1. The van der Waals surface area contributed by atoms with Crippen LogP contribution in [0.4, 0.5) is 0 Å². The van der Waals surface area contributed by atoms with Gasteiger partial charge in [0.25, 0.3) is 0 Å². The first kappa shape index (κ1) is 20.0. The fourth-order valence-corrected chi connectivity index (χ4v) is 3.48. The van der Waals surface area contributed by atoms with Gasteiger partial charge in [0.1, 0.15) is 30.0 Å². The molecule has 1 aromatic heterocycles. The molecule has 0 fully saturated rings. The lowest BCUT2D eigenvalue weighted by atomic mass is 10.1. The molecule has 1 heterocycles. The van der Waals surface area contributed by atoms with Gasteiger partial charge < -0.3 is 19.1 Å². The normalized spacial score (nSPS) is 12.1. The van der Waals surface area contributed by atoms with Crippen molar-refractivity contribution in [1.29, 1.82) is 0 Å². The summed E-state index contributed by atoms with van der Waals surface area (Å²) in [5.41, 5.74) is 4.25. The van der Waals surface area contributed by atoms with Crippen LogP contribution >= 0.6 is 0 Å². The quantitative estimate of drug-likeness (QED) is 0.475. The SMILES string of the molecule is COc1ccc(Cc2nc3ccccc3n2C[C@H](O)COc2ccc(C)cc2)cc1. The zero-order chi connectivity index (χ0) is 20.9. The lowest BCUT2D eigenvalue weighted by molar-refractivity contribution is 0.0928. The molecule has 0 aliphatic heterocycles. The first-order valence-electron chi connectivity index (χ1n) is 10.1. The number of aliphatic hydroxyl groups is 1. The number of hydrogen-bond acceptors (Lipinski definition) is 4. The molecular formula is C25H26N2O3. The van der Waals surface area contributed by atoms with Crippen molar-refractivity contribution in [3.05, 3.63) is 89.7 Å². The van der Waals surface area contributed by atoms with Gasteiger partial charge in [-0.2, -0.15) is 0 Å². The Labute approximate surface area is 176 Å². The van der Waals surface area contributed by atoms with Gasteiger partial charge in [0.2, 0.25) is 0 Å². The van der Waals surface area contributed by atoms with E-state index in [0.717, 1.165) is 33.9 Å². The number of benzene rings is 3. The average Bonchev–Trinajstić information content (AvgIpc) is 3.11. The summed E-state index contributed by atoms with van der Waals surface area (Å²) in [6, 6.07) is 23.8. The Hall–Kier alpha value is -3.31. The Morgan fingerprint density at radius 1 is 0.933 bits per heavy atom. The van der Waals surface area contributed by atoms with Crippen LogP contribution in [0.2, 0.25) is 0 Å². The molecule has 0 aliphatic rings. The molecule has 154 valence electrons. The maximum absolute atomic E-state index is 10.7. The van der Waals surface area contributed by atoms with Crippen molar-refractivity contribution in [3.8, 4) is 11.5 Å². The molecule has 0 radical (unpaired) electrons. The molecule has 3 aromatic carbocycles. The van der Waals surface area contributed by atoms with Crippen molar-refractivity contribution >= 4 is 11.0 Å². The maximum atomic E-state index is 10.7. The topological polar surface area (TPSA) is 56.5 Å². The smallest absolute Gasteiger partial charge is 0.119 e. The van der Waals surface area contributed by atoms with Crippen molar-refractivity contribution < 1.29 is 14.6 Å². The Morgan fingerprint density at radius 2 is 1.63 bits per heavy atom.